The molecule has 5 nitrogen and oxygen atoms in total. The van der Waals surface area contributed by atoms with Crippen molar-refractivity contribution in [3.05, 3.63) is 58.6 Å². The molecule has 0 bridgehead atoms. The lowest BCUT2D eigenvalue weighted by Crippen LogP contribution is -2.25. The first kappa shape index (κ1) is 24.3. The molecule has 0 saturated carbocycles. The molecule has 0 unspecified atom stereocenters. The molecule has 3 aromatic rings. The van der Waals surface area contributed by atoms with Crippen molar-refractivity contribution in [2.75, 3.05) is 13.7 Å². The summed E-state index contributed by atoms with van der Waals surface area (Å²) < 4.78 is 7.52. The van der Waals surface area contributed by atoms with Gasteiger partial charge in [0, 0.05) is 29.7 Å². The summed E-state index contributed by atoms with van der Waals surface area (Å²) in [6.45, 7) is 7.97. The van der Waals surface area contributed by atoms with Gasteiger partial charge in [-0.15, -0.1) is 11.3 Å². The van der Waals surface area contributed by atoms with Crippen molar-refractivity contribution in [2.24, 2.45) is 5.92 Å². The van der Waals surface area contributed by atoms with Crippen molar-refractivity contribution in [3.63, 3.8) is 0 Å². The van der Waals surface area contributed by atoms with Gasteiger partial charge in [-0.3, -0.25) is 4.79 Å². The molecule has 180 valence electrons. The van der Waals surface area contributed by atoms with Gasteiger partial charge in [-0.1, -0.05) is 25.5 Å². The second kappa shape index (κ2) is 11.0. The number of allylic oxidation sites excluding steroid dienone is 1. The topological polar surface area (TPSA) is 56.1 Å². The normalized spacial score (nSPS) is 13.7. The number of carbonyl (C=O) groups is 1. The molecule has 6 heteroatoms. The molecule has 1 aliphatic carbocycles. The summed E-state index contributed by atoms with van der Waals surface area (Å²) in [6.07, 6.45) is 8.20. The van der Waals surface area contributed by atoms with Crippen LogP contribution in [-0.4, -0.2) is 29.1 Å². The third-order valence-corrected chi connectivity index (χ3v) is 7.27. The van der Waals surface area contributed by atoms with Crippen molar-refractivity contribution in [1.82, 2.24) is 14.9 Å². The highest BCUT2D eigenvalue weighted by Gasteiger charge is 2.21. The number of amides is 1. The van der Waals surface area contributed by atoms with Gasteiger partial charge >= 0.3 is 0 Å². The minimum absolute atomic E-state index is 0.00303. The highest BCUT2D eigenvalue weighted by molar-refractivity contribution is 7.13. The van der Waals surface area contributed by atoms with Crippen LogP contribution >= 0.6 is 11.3 Å². The molecule has 1 N–H and O–H groups in total. The maximum absolute atomic E-state index is 13.1. The fourth-order valence-electron chi connectivity index (χ4n) is 4.51. The van der Waals surface area contributed by atoms with Gasteiger partial charge in [0.2, 0.25) is 0 Å². The number of rotatable bonds is 9. The van der Waals surface area contributed by atoms with Crippen LogP contribution in [0.15, 0.2) is 47.4 Å². The van der Waals surface area contributed by atoms with E-state index in [2.05, 4.69) is 35.2 Å². The minimum atomic E-state index is 0.00303. The second-order valence-electron chi connectivity index (χ2n) is 9.41. The molecular formula is C28H35N3O2S. The van der Waals surface area contributed by atoms with Crippen LogP contribution < -0.4 is 10.1 Å². The van der Waals surface area contributed by atoms with Crippen LogP contribution in [-0.2, 0) is 6.54 Å². The van der Waals surface area contributed by atoms with Gasteiger partial charge in [0.15, 0.2) is 0 Å². The Kier molecular flexibility index (Phi) is 7.88. The van der Waals surface area contributed by atoms with Crippen LogP contribution in [0.1, 0.15) is 62.0 Å². The molecule has 1 amide bonds. The van der Waals surface area contributed by atoms with Crippen LogP contribution in [0.5, 0.6) is 5.75 Å². The third-order valence-electron chi connectivity index (χ3n) is 6.38. The molecule has 1 aromatic carbocycles. The first-order valence-electron chi connectivity index (χ1n) is 12.2. The zero-order valence-electron chi connectivity index (χ0n) is 20.7. The number of ether oxygens (including phenoxy) is 1. The van der Waals surface area contributed by atoms with Crippen LogP contribution in [0.2, 0.25) is 0 Å². The molecular weight excluding hydrogens is 442 g/mol. The van der Waals surface area contributed by atoms with Crippen molar-refractivity contribution in [3.8, 4) is 27.7 Å². The van der Waals surface area contributed by atoms with E-state index in [-0.39, 0.29) is 5.91 Å². The summed E-state index contributed by atoms with van der Waals surface area (Å²) in [5.74, 6) is 1.29. The zero-order chi connectivity index (χ0) is 24.1. The number of thiazole rings is 1. The van der Waals surface area contributed by atoms with Gasteiger partial charge in [-0.05, 0) is 75.3 Å². The van der Waals surface area contributed by atoms with Gasteiger partial charge in [0.05, 0.1) is 24.1 Å². The summed E-state index contributed by atoms with van der Waals surface area (Å²) in [6, 6.07) is 9.97. The van der Waals surface area contributed by atoms with Crippen LogP contribution in [0.4, 0.5) is 0 Å². The quantitative estimate of drug-likeness (QED) is 0.342. The van der Waals surface area contributed by atoms with Gasteiger partial charge in [-0.2, -0.15) is 0 Å². The van der Waals surface area contributed by atoms with Crippen LogP contribution in [0.3, 0.4) is 0 Å². The highest BCUT2D eigenvalue weighted by atomic mass is 32.1. The predicted molar refractivity (Wildman–Crippen MR) is 141 cm³/mol. The average Bonchev–Trinajstić information content (AvgIpc) is 3.45. The highest BCUT2D eigenvalue weighted by Crippen LogP contribution is 2.32. The summed E-state index contributed by atoms with van der Waals surface area (Å²) in [5.41, 5.74) is 6.19. The van der Waals surface area contributed by atoms with Crippen molar-refractivity contribution in [2.45, 2.75) is 59.4 Å². The lowest BCUT2D eigenvalue weighted by molar-refractivity contribution is 0.0953. The van der Waals surface area contributed by atoms with Crippen molar-refractivity contribution >= 4 is 17.2 Å². The Morgan fingerprint density at radius 1 is 1.24 bits per heavy atom. The van der Waals surface area contributed by atoms with E-state index in [0.717, 1.165) is 51.9 Å². The smallest absolute Gasteiger partial charge is 0.253 e. The number of methoxy groups -OCH3 is 1. The Morgan fingerprint density at radius 2 is 2.03 bits per heavy atom. The third kappa shape index (κ3) is 5.61. The SMILES string of the molecule is COc1ccc(-c2nc(-c3cc(C(=O)NCCC4=CCCCC4)c(C)n3CC(C)C)cs2)cc1. The standard InChI is InChI=1S/C28H35N3O2S/c1-19(2)17-31-20(3)24(27(32)29-15-14-21-8-6-5-7-9-21)16-26(31)25-18-34-28(30-25)22-10-12-23(33-4)13-11-22/h8,10-13,16,18-19H,5-7,9,14-15,17H2,1-4H3,(H,29,32). The second-order valence-corrected chi connectivity index (χ2v) is 10.3. The minimum Gasteiger partial charge on any atom is -0.497 e. The molecule has 0 saturated heterocycles. The maximum atomic E-state index is 13.1. The summed E-state index contributed by atoms with van der Waals surface area (Å²) in [5, 5.41) is 6.19. The van der Waals surface area contributed by atoms with E-state index >= 15 is 0 Å². The van der Waals surface area contributed by atoms with E-state index in [1.54, 1.807) is 18.4 Å². The van der Waals surface area contributed by atoms with E-state index in [4.69, 9.17) is 9.72 Å². The van der Waals surface area contributed by atoms with E-state index in [0.29, 0.717) is 12.5 Å². The first-order valence-corrected chi connectivity index (χ1v) is 13.1. The number of carbonyl (C=O) groups excluding carboxylic acids is 1. The monoisotopic (exact) mass is 477 g/mol. The molecule has 0 aliphatic heterocycles. The van der Waals surface area contributed by atoms with Gasteiger partial charge < -0.3 is 14.6 Å². The molecule has 0 fully saturated rings. The van der Waals surface area contributed by atoms with E-state index in [1.807, 2.05) is 37.3 Å². The molecule has 34 heavy (non-hydrogen) atoms. The Morgan fingerprint density at radius 3 is 2.71 bits per heavy atom. The maximum Gasteiger partial charge on any atom is 0.253 e. The molecule has 2 aromatic heterocycles. The molecule has 0 atom stereocenters. The summed E-state index contributed by atoms with van der Waals surface area (Å²) in [7, 11) is 1.67. The average molecular weight is 478 g/mol. The number of aromatic nitrogens is 2. The molecule has 1 aliphatic rings. The molecule has 0 spiro atoms. The van der Waals surface area contributed by atoms with Crippen molar-refractivity contribution in [1.29, 1.82) is 0 Å². The lowest BCUT2D eigenvalue weighted by atomic mass is 9.97. The largest absolute Gasteiger partial charge is 0.497 e. The fourth-order valence-corrected chi connectivity index (χ4v) is 5.33. The van der Waals surface area contributed by atoms with Crippen LogP contribution in [0.25, 0.3) is 22.0 Å². The molecule has 0 radical (unpaired) electrons. The zero-order valence-corrected chi connectivity index (χ0v) is 21.5. The van der Waals surface area contributed by atoms with Gasteiger partial charge in [0.1, 0.15) is 10.8 Å². The predicted octanol–water partition coefficient (Wildman–Crippen LogP) is 6.87. The Balaban J connectivity index is 1.56. The van der Waals surface area contributed by atoms with Gasteiger partial charge in [0.25, 0.3) is 5.91 Å². The van der Waals surface area contributed by atoms with E-state index < -0.39 is 0 Å². The number of hydrogen-bond acceptors (Lipinski definition) is 4. The number of nitrogens with zero attached hydrogens (tertiary/aromatic N) is 2. The fraction of sp³-hybridized carbons (Fsp3) is 0.429. The lowest BCUT2D eigenvalue weighted by Gasteiger charge is -2.14. The Labute approximate surface area is 206 Å². The Hall–Kier alpha value is -2.86. The van der Waals surface area contributed by atoms with E-state index in [9.17, 15) is 4.79 Å². The molecule has 2 heterocycles. The molecule has 4 rings (SSSR count). The van der Waals surface area contributed by atoms with Gasteiger partial charge in [-0.25, -0.2) is 4.98 Å². The summed E-state index contributed by atoms with van der Waals surface area (Å²) >= 11 is 1.62. The number of benzene rings is 1. The number of nitrogens with one attached hydrogen (secondary N) is 1. The summed E-state index contributed by atoms with van der Waals surface area (Å²) in [4.78, 5) is 18.0. The van der Waals surface area contributed by atoms with E-state index in [1.165, 1.54) is 31.3 Å². The Bertz CT molecular complexity index is 1160. The van der Waals surface area contributed by atoms with Crippen LogP contribution in [0, 0.1) is 12.8 Å². The van der Waals surface area contributed by atoms with Crippen molar-refractivity contribution < 1.29 is 9.53 Å². The number of hydrogen-bond donors (Lipinski definition) is 1. The first-order chi connectivity index (χ1) is 16.5.